The van der Waals surface area contributed by atoms with Crippen molar-refractivity contribution in [2.75, 3.05) is 29.1 Å². The number of hydrogen-bond donors (Lipinski definition) is 1. The smallest absolute Gasteiger partial charge is 0.250 e. The van der Waals surface area contributed by atoms with Crippen LogP contribution in [-0.4, -0.2) is 43.1 Å². The minimum absolute atomic E-state index is 0.329. The number of rotatable bonds is 5. The Morgan fingerprint density at radius 2 is 1.72 bits per heavy atom. The van der Waals surface area contributed by atoms with Gasteiger partial charge in [0.25, 0.3) is 0 Å². The Kier molecular flexibility index (Phi) is 5.38. The molecule has 0 bridgehead atoms. The van der Waals surface area contributed by atoms with Crippen molar-refractivity contribution in [3.63, 3.8) is 0 Å². The number of nitrogens with zero attached hydrogens (tertiary/aromatic N) is 3. The van der Waals surface area contributed by atoms with E-state index in [9.17, 15) is 13.2 Å². The third kappa shape index (κ3) is 4.33. The molecule has 2 heterocycles. The molecule has 3 aromatic rings. The van der Waals surface area contributed by atoms with Crippen LogP contribution in [0.15, 0.2) is 53.7 Å². The molecule has 29 heavy (non-hydrogen) atoms. The lowest BCUT2D eigenvalue weighted by molar-refractivity contribution is -0.113. The molecule has 0 saturated carbocycles. The summed E-state index contributed by atoms with van der Waals surface area (Å²) in [4.78, 5) is 23.0. The number of sulfone groups is 1. The van der Waals surface area contributed by atoms with E-state index in [1.165, 1.54) is 0 Å². The lowest BCUT2D eigenvalue weighted by Crippen LogP contribution is -2.26. The number of para-hydroxylation sites is 1. The Bertz CT molecular complexity index is 1160. The molecule has 1 fully saturated rings. The second-order valence-electron chi connectivity index (χ2n) is 6.86. The number of halogens is 1. The standard InChI is InChI=1S/C20H19ClN4O3S/c21-14-7-9-15(10-8-14)22-18(26)13-29(27,28)20-23-17-6-2-1-5-16(17)19(24-20)25-11-3-4-12-25/h1-2,5-10H,3-4,11-13H2,(H,22,26). The molecular formula is C20H19ClN4O3S. The lowest BCUT2D eigenvalue weighted by atomic mass is 10.2. The molecule has 7 nitrogen and oxygen atoms in total. The quantitative estimate of drug-likeness (QED) is 0.624. The van der Waals surface area contributed by atoms with Crippen LogP contribution in [0.2, 0.25) is 5.02 Å². The van der Waals surface area contributed by atoms with Gasteiger partial charge < -0.3 is 10.2 Å². The van der Waals surface area contributed by atoms with Gasteiger partial charge in [-0.2, -0.15) is 0 Å². The zero-order valence-electron chi connectivity index (χ0n) is 15.5. The van der Waals surface area contributed by atoms with Crippen LogP contribution in [0.5, 0.6) is 0 Å². The van der Waals surface area contributed by atoms with Crippen LogP contribution in [0.4, 0.5) is 11.5 Å². The first kappa shape index (κ1) is 19.6. The third-order valence-electron chi connectivity index (χ3n) is 4.70. The van der Waals surface area contributed by atoms with E-state index in [0.717, 1.165) is 31.3 Å². The van der Waals surface area contributed by atoms with Crippen molar-refractivity contribution in [2.45, 2.75) is 18.0 Å². The summed E-state index contributed by atoms with van der Waals surface area (Å²) in [5.74, 6) is -0.801. The number of carbonyl (C=O) groups excluding carboxylic acids is 1. The fraction of sp³-hybridized carbons (Fsp3) is 0.250. The molecule has 2 aromatic carbocycles. The van der Waals surface area contributed by atoms with Crippen molar-refractivity contribution in [1.82, 2.24) is 9.97 Å². The van der Waals surface area contributed by atoms with Crippen molar-refractivity contribution in [1.29, 1.82) is 0 Å². The molecule has 0 atom stereocenters. The zero-order chi connectivity index (χ0) is 20.4. The van der Waals surface area contributed by atoms with Gasteiger partial charge in [0.05, 0.1) is 5.52 Å². The second-order valence-corrected chi connectivity index (χ2v) is 9.18. The van der Waals surface area contributed by atoms with Gasteiger partial charge in [-0.25, -0.2) is 18.4 Å². The number of benzene rings is 2. The molecule has 1 saturated heterocycles. The van der Waals surface area contributed by atoms with E-state index >= 15 is 0 Å². The molecule has 150 valence electrons. The van der Waals surface area contributed by atoms with Gasteiger partial charge in [0.2, 0.25) is 20.9 Å². The van der Waals surface area contributed by atoms with Crippen LogP contribution in [0.3, 0.4) is 0 Å². The van der Waals surface area contributed by atoms with Crippen LogP contribution in [0.1, 0.15) is 12.8 Å². The summed E-state index contributed by atoms with van der Waals surface area (Å²) >= 11 is 5.82. The van der Waals surface area contributed by atoms with E-state index in [1.54, 1.807) is 36.4 Å². The van der Waals surface area contributed by atoms with Crippen molar-refractivity contribution < 1.29 is 13.2 Å². The highest BCUT2D eigenvalue weighted by atomic mass is 35.5. The number of amides is 1. The van der Waals surface area contributed by atoms with Crippen LogP contribution in [0, 0.1) is 0 Å². The lowest BCUT2D eigenvalue weighted by Gasteiger charge is -2.19. The van der Waals surface area contributed by atoms with E-state index in [4.69, 9.17) is 11.6 Å². The summed E-state index contributed by atoms with van der Waals surface area (Å²) in [7, 11) is -4.02. The molecule has 1 aliphatic rings. The van der Waals surface area contributed by atoms with Gasteiger partial charge in [-0.3, -0.25) is 4.79 Å². The topological polar surface area (TPSA) is 92.3 Å². The highest BCUT2D eigenvalue weighted by Crippen LogP contribution is 2.28. The predicted molar refractivity (Wildman–Crippen MR) is 113 cm³/mol. The Hall–Kier alpha value is -2.71. The Morgan fingerprint density at radius 3 is 2.45 bits per heavy atom. The summed E-state index contributed by atoms with van der Waals surface area (Å²) < 4.78 is 25.7. The Morgan fingerprint density at radius 1 is 1.03 bits per heavy atom. The number of carbonyl (C=O) groups is 1. The van der Waals surface area contributed by atoms with Gasteiger partial charge in [-0.05, 0) is 49.2 Å². The maximum atomic E-state index is 12.9. The number of aromatic nitrogens is 2. The van der Waals surface area contributed by atoms with Crippen molar-refractivity contribution in [3.05, 3.63) is 53.6 Å². The minimum Gasteiger partial charge on any atom is -0.356 e. The molecule has 1 aliphatic heterocycles. The molecule has 0 radical (unpaired) electrons. The van der Waals surface area contributed by atoms with Crippen molar-refractivity contribution in [3.8, 4) is 0 Å². The Balaban J connectivity index is 1.63. The monoisotopic (exact) mass is 430 g/mol. The molecule has 1 amide bonds. The first-order chi connectivity index (χ1) is 13.9. The van der Waals surface area contributed by atoms with E-state index in [-0.39, 0.29) is 5.16 Å². The number of anilines is 2. The highest BCUT2D eigenvalue weighted by Gasteiger charge is 2.26. The van der Waals surface area contributed by atoms with Gasteiger partial charge in [0, 0.05) is 29.2 Å². The van der Waals surface area contributed by atoms with E-state index in [2.05, 4.69) is 20.2 Å². The van der Waals surface area contributed by atoms with Crippen molar-refractivity contribution in [2.24, 2.45) is 0 Å². The summed E-state index contributed by atoms with van der Waals surface area (Å²) in [5.41, 5.74) is 1.01. The van der Waals surface area contributed by atoms with E-state index in [1.807, 2.05) is 12.1 Å². The molecular weight excluding hydrogens is 412 g/mol. The average molecular weight is 431 g/mol. The molecule has 1 aromatic heterocycles. The van der Waals surface area contributed by atoms with Gasteiger partial charge in [0.15, 0.2) is 0 Å². The maximum absolute atomic E-state index is 12.9. The molecule has 0 spiro atoms. The third-order valence-corrected chi connectivity index (χ3v) is 6.33. The second kappa shape index (κ2) is 7.96. The maximum Gasteiger partial charge on any atom is 0.250 e. The van der Waals surface area contributed by atoms with Crippen LogP contribution in [0.25, 0.3) is 10.9 Å². The predicted octanol–water partition coefficient (Wildman–Crippen LogP) is 3.30. The van der Waals surface area contributed by atoms with Crippen LogP contribution >= 0.6 is 11.6 Å². The van der Waals surface area contributed by atoms with Crippen LogP contribution in [-0.2, 0) is 14.6 Å². The fourth-order valence-corrected chi connectivity index (χ4v) is 4.45. The SMILES string of the molecule is O=C(CS(=O)(=O)c1nc(N2CCCC2)c2ccccc2n1)Nc1ccc(Cl)cc1. The zero-order valence-corrected chi connectivity index (χ0v) is 17.1. The fourth-order valence-electron chi connectivity index (χ4n) is 3.32. The molecule has 0 aliphatic carbocycles. The first-order valence-corrected chi connectivity index (χ1v) is 11.3. The molecule has 4 rings (SSSR count). The summed E-state index contributed by atoms with van der Waals surface area (Å²) in [6.45, 7) is 1.63. The van der Waals surface area contributed by atoms with Crippen LogP contribution < -0.4 is 10.2 Å². The van der Waals surface area contributed by atoms with Gasteiger partial charge in [-0.15, -0.1) is 0 Å². The van der Waals surface area contributed by atoms with E-state index in [0.29, 0.717) is 22.0 Å². The largest absolute Gasteiger partial charge is 0.356 e. The van der Waals surface area contributed by atoms with Gasteiger partial charge in [-0.1, -0.05) is 23.7 Å². The number of hydrogen-bond acceptors (Lipinski definition) is 6. The summed E-state index contributed by atoms with van der Waals surface area (Å²) in [6.07, 6.45) is 2.06. The normalized spacial score (nSPS) is 14.3. The number of nitrogens with one attached hydrogen (secondary N) is 1. The minimum atomic E-state index is -4.02. The molecule has 9 heteroatoms. The first-order valence-electron chi connectivity index (χ1n) is 9.22. The van der Waals surface area contributed by atoms with Gasteiger partial charge in [0.1, 0.15) is 11.6 Å². The Labute approximate surface area is 173 Å². The molecule has 1 N–H and O–H groups in total. The van der Waals surface area contributed by atoms with E-state index < -0.39 is 21.5 Å². The average Bonchev–Trinajstić information content (AvgIpc) is 3.23. The summed E-state index contributed by atoms with van der Waals surface area (Å²) in [6, 6.07) is 13.7. The van der Waals surface area contributed by atoms with Gasteiger partial charge >= 0.3 is 0 Å². The molecule has 0 unspecified atom stereocenters. The summed E-state index contributed by atoms with van der Waals surface area (Å²) in [5, 5.41) is 3.56. The highest BCUT2D eigenvalue weighted by molar-refractivity contribution is 7.92. The van der Waals surface area contributed by atoms with Crippen molar-refractivity contribution >= 4 is 49.8 Å². The number of fused-ring (bicyclic) bond motifs is 1.